The smallest absolute Gasteiger partial charge is 0.138 e. The number of unbranched alkanes of at least 4 members (excludes halogenated alkanes) is 4. The van der Waals surface area contributed by atoms with Crippen molar-refractivity contribution in [3.63, 3.8) is 0 Å². The number of carbonyl (C=O) groups excluding carboxylic acids is 2. The van der Waals surface area contributed by atoms with E-state index in [0.717, 1.165) is 19.3 Å². The van der Waals surface area contributed by atoms with Crippen LogP contribution < -0.4 is 5.11 Å². The zero-order valence-corrected chi connectivity index (χ0v) is 15.9. The number of hydrogen-bond acceptors (Lipinski definition) is 5. The van der Waals surface area contributed by atoms with Crippen molar-refractivity contribution in [1.29, 1.82) is 0 Å². The Balaban J connectivity index is 0. The summed E-state index contributed by atoms with van der Waals surface area (Å²) < 4.78 is 10.4. The van der Waals surface area contributed by atoms with Gasteiger partial charge in [0.05, 0.1) is 0 Å². The summed E-state index contributed by atoms with van der Waals surface area (Å²) in [4.78, 5) is 20.9. The summed E-state index contributed by atoms with van der Waals surface area (Å²) in [5.74, 6) is -1.48. The molecule has 0 aromatic heterocycles. The first-order valence-corrected chi connectivity index (χ1v) is 9.08. The van der Waals surface area contributed by atoms with Crippen molar-refractivity contribution in [3.05, 3.63) is 0 Å². The van der Waals surface area contributed by atoms with Gasteiger partial charge in [-0.3, -0.25) is 4.79 Å². The van der Waals surface area contributed by atoms with Crippen LogP contribution in [0.3, 0.4) is 0 Å². The Hall–Kier alpha value is -0.408. The van der Waals surface area contributed by atoms with Crippen LogP contribution in [0.4, 0.5) is 0 Å². The number of aliphatic carboxylic acids is 1. The number of Topliss-reactive ketones (excluding diaryl/α,β-unsaturated/α-hetero) is 1. The molecule has 0 heterocycles. The second kappa shape index (κ2) is 17.0. The van der Waals surface area contributed by atoms with E-state index in [1.165, 1.54) is 12.8 Å². The molecular weight excluding hydrogens is 299 g/mol. The molecule has 0 unspecified atom stereocenters. The van der Waals surface area contributed by atoms with Crippen LogP contribution in [0.25, 0.3) is 0 Å². The molecule has 0 aliphatic heterocycles. The number of rotatable bonds is 12. The molecule has 6 heteroatoms. The molecule has 128 valence electrons. The molecule has 0 fully saturated rings. The first kappa shape index (κ1) is 23.9. The Kier molecular flexibility index (Phi) is 18.4. The van der Waals surface area contributed by atoms with Crippen molar-refractivity contribution >= 4 is 27.6 Å². The Labute approximate surface area is 142 Å². The fourth-order valence-corrected chi connectivity index (χ4v) is 1.94. The summed E-state index contributed by atoms with van der Waals surface area (Å²) in [6.45, 7) is 10.2. The maximum Gasteiger partial charge on any atom is 0.138 e. The van der Waals surface area contributed by atoms with E-state index in [4.69, 9.17) is 7.58 Å². The summed E-state index contributed by atoms with van der Waals surface area (Å²) in [6.07, 6.45) is 5.90. The van der Waals surface area contributed by atoms with Crippen LogP contribution in [0.15, 0.2) is 0 Å². The molecular formula is C16H31AlO5. The summed E-state index contributed by atoms with van der Waals surface area (Å²) in [5, 5.41) is 10.0. The first-order valence-electron chi connectivity index (χ1n) is 8.13. The summed E-state index contributed by atoms with van der Waals surface area (Å²) in [7, 11) is 0. The molecule has 0 aliphatic rings. The zero-order valence-electron chi connectivity index (χ0n) is 14.7. The van der Waals surface area contributed by atoms with Crippen molar-refractivity contribution < 1.29 is 22.3 Å². The van der Waals surface area contributed by atoms with Crippen LogP contribution in [-0.4, -0.2) is 39.8 Å². The fourth-order valence-electron chi connectivity index (χ4n) is 1.43. The number of carboxylic acid groups (broad SMARTS) is 1. The molecule has 0 radical (unpaired) electrons. The van der Waals surface area contributed by atoms with E-state index in [1.54, 1.807) is 0 Å². The van der Waals surface area contributed by atoms with Gasteiger partial charge in [-0.15, -0.1) is 0 Å². The van der Waals surface area contributed by atoms with Gasteiger partial charge in [0.1, 0.15) is 5.78 Å². The van der Waals surface area contributed by atoms with Crippen LogP contribution in [0.5, 0.6) is 0 Å². The Morgan fingerprint density at radius 2 is 1.45 bits per heavy atom. The van der Waals surface area contributed by atoms with Gasteiger partial charge in [0.25, 0.3) is 0 Å². The number of hydrogen-bond donors (Lipinski definition) is 0. The standard InChI is InChI=1S/C10H18O3.2C3H7O.Al/c1-2-3-4-5-6-7-9(11)8-10(12)13;2*1-3(2)4;/h2-8H2,1H3,(H,12,13);2*3H,1-2H3;/q;2*-1;+3/p-1. The summed E-state index contributed by atoms with van der Waals surface area (Å²) in [6, 6.07) is 0. The molecule has 0 spiro atoms. The van der Waals surface area contributed by atoms with Crippen molar-refractivity contribution in [1.82, 2.24) is 0 Å². The first-order chi connectivity index (χ1) is 10.3. The van der Waals surface area contributed by atoms with Crippen LogP contribution in [0.2, 0.25) is 0 Å². The molecule has 0 amide bonds. The summed E-state index contributed by atoms with van der Waals surface area (Å²) in [5.41, 5.74) is 0. The van der Waals surface area contributed by atoms with Crippen molar-refractivity contribution in [2.45, 2.75) is 91.8 Å². The third-order valence-corrected chi connectivity index (χ3v) is 3.87. The second-order valence-electron chi connectivity index (χ2n) is 5.72. The van der Waals surface area contributed by atoms with E-state index in [9.17, 15) is 14.7 Å². The average molecular weight is 330 g/mol. The third kappa shape index (κ3) is 24.6. The molecule has 22 heavy (non-hydrogen) atoms. The van der Waals surface area contributed by atoms with Gasteiger partial charge in [-0.25, -0.2) is 0 Å². The molecule has 0 aromatic rings. The van der Waals surface area contributed by atoms with Crippen LogP contribution in [0.1, 0.15) is 79.6 Å². The van der Waals surface area contributed by atoms with E-state index in [-0.39, 0.29) is 21.7 Å². The topological polar surface area (TPSA) is 75.7 Å². The molecule has 0 aliphatic carbocycles. The molecule has 5 nitrogen and oxygen atoms in total. The van der Waals surface area contributed by atoms with Crippen LogP contribution in [-0.2, 0) is 17.2 Å². The van der Waals surface area contributed by atoms with Crippen LogP contribution >= 0.6 is 0 Å². The number of ketones is 1. The van der Waals surface area contributed by atoms with Gasteiger partial charge in [0.2, 0.25) is 0 Å². The molecule has 0 saturated heterocycles. The van der Waals surface area contributed by atoms with Crippen molar-refractivity contribution in [2.24, 2.45) is 0 Å². The minimum absolute atomic E-state index is 0.212. The molecule has 0 atom stereocenters. The van der Waals surface area contributed by atoms with E-state index in [1.807, 2.05) is 27.7 Å². The second-order valence-corrected chi connectivity index (χ2v) is 6.45. The minimum atomic E-state index is -1.27. The van der Waals surface area contributed by atoms with Gasteiger partial charge in [-0.2, -0.15) is 0 Å². The van der Waals surface area contributed by atoms with Gasteiger partial charge in [0.15, 0.2) is 0 Å². The largest absolute Gasteiger partial charge is 0.550 e. The normalized spacial score (nSPS) is 10.1. The van der Waals surface area contributed by atoms with E-state index in [2.05, 4.69) is 6.92 Å². The number of carbonyl (C=O) groups is 2. The van der Waals surface area contributed by atoms with Gasteiger partial charge in [-0.05, 0) is 6.42 Å². The average Bonchev–Trinajstić information content (AvgIpc) is 2.37. The molecule has 0 rings (SSSR count). The van der Waals surface area contributed by atoms with Gasteiger partial charge < -0.3 is 9.90 Å². The van der Waals surface area contributed by atoms with Crippen molar-refractivity contribution in [2.75, 3.05) is 0 Å². The minimum Gasteiger partial charge on any atom is -0.550 e. The van der Waals surface area contributed by atoms with Crippen molar-refractivity contribution in [3.8, 4) is 0 Å². The third-order valence-electron chi connectivity index (χ3n) is 2.56. The maximum atomic E-state index is 10.9. The SMILES string of the molecule is CC(C)[O][Al+][O]C(C)C.CCCCCCCC(=O)CC(=O)[O-]. The predicted molar refractivity (Wildman–Crippen MR) is 86.2 cm³/mol. The summed E-state index contributed by atoms with van der Waals surface area (Å²) >= 11 is -0.245. The Morgan fingerprint density at radius 3 is 1.86 bits per heavy atom. The van der Waals surface area contributed by atoms with E-state index >= 15 is 0 Å². The van der Waals surface area contributed by atoms with Gasteiger partial charge in [0, 0.05) is 18.8 Å². The fraction of sp³-hybridized carbons (Fsp3) is 0.875. The number of carboxylic acids is 1. The quantitative estimate of drug-likeness (QED) is 0.312. The predicted octanol–water partition coefficient (Wildman–Crippen LogP) is 2.43. The van der Waals surface area contributed by atoms with Gasteiger partial charge in [-0.1, -0.05) is 32.6 Å². The monoisotopic (exact) mass is 330 g/mol. The zero-order chi connectivity index (χ0) is 17.4. The van der Waals surface area contributed by atoms with Gasteiger partial charge >= 0.3 is 63.4 Å². The molecule has 0 saturated carbocycles. The van der Waals surface area contributed by atoms with E-state index in [0.29, 0.717) is 18.6 Å². The molecule has 0 bridgehead atoms. The van der Waals surface area contributed by atoms with Crippen LogP contribution in [0, 0.1) is 0 Å². The Morgan fingerprint density at radius 1 is 0.955 bits per heavy atom. The molecule has 0 N–H and O–H groups in total. The molecule has 0 aromatic carbocycles. The maximum absolute atomic E-state index is 10.9. The van der Waals surface area contributed by atoms with E-state index < -0.39 is 12.4 Å². The Bertz CT molecular complexity index is 272.